The van der Waals surface area contributed by atoms with Crippen molar-refractivity contribution in [3.8, 4) is 16.9 Å². The molecule has 2 heteroatoms. The Morgan fingerprint density at radius 3 is 1.94 bits per heavy atom. The number of Topliss-reactive ketones (excluding diaryl/α,β-unsaturated/α-hetero) is 1. The number of ketones is 1. The number of aryl methyl sites for hydroxylation is 1. The maximum absolute atomic E-state index is 14.0. The maximum atomic E-state index is 14.0. The first kappa shape index (κ1) is 17.7. The van der Waals surface area contributed by atoms with Crippen molar-refractivity contribution in [3.05, 3.63) is 114 Å². The molecule has 0 saturated carbocycles. The Hall–Kier alpha value is -3.91. The number of ether oxygens (including phenoxy) is 1. The molecule has 0 aromatic heterocycles. The fourth-order valence-corrected chi connectivity index (χ4v) is 5.75. The average molecular weight is 412 g/mol. The van der Waals surface area contributed by atoms with Crippen molar-refractivity contribution in [2.24, 2.45) is 0 Å². The highest BCUT2D eigenvalue weighted by atomic mass is 16.5. The predicted molar refractivity (Wildman–Crippen MR) is 128 cm³/mol. The number of carbonyl (C=O) groups excluding carboxylic acids is 1. The molecule has 1 unspecified atom stereocenters. The Balaban J connectivity index is 1.54. The van der Waals surface area contributed by atoms with E-state index in [0.29, 0.717) is 6.42 Å². The number of hydrogen-bond acceptors (Lipinski definition) is 2. The summed E-state index contributed by atoms with van der Waals surface area (Å²) >= 11 is 0. The normalized spacial score (nSPS) is 18.8. The minimum atomic E-state index is -0.997. The zero-order chi connectivity index (χ0) is 21.3. The Morgan fingerprint density at radius 2 is 1.16 bits per heavy atom. The van der Waals surface area contributed by atoms with Crippen LogP contribution in [0.15, 0.2) is 97.1 Å². The van der Waals surface area contributed by atoms with Crippen LogP contribution in [0, 0.1) is 0 Å². The molecule has 1 aliphatic heterocycles. The molecule has 0 radical (unpaired) electrons. The van der Waals surface area contributed by atoms with E-state index in [9.17, 15) is 4.79 Å². The lowest BCUT2D eigenvalue weighted by atomic mass is 9.70. The standard InChI is InChI=1S/C30H20O2/c31-29-26-15-6-4-12-22(26)23-13-7-8-16-27(23)30(29)18-17-25-21-11-2-1-9-19(21)20-10-3-5-14-24(20)28(25)32-30/h1-16H,17-18H2. The minimum absolute atomic E-state index is 0.0645. The van der Waals surface area contributed by atoms with Gasteiger partial charge in [-0.3, -0.25) is 4.79 Å². The molecule has 0 N–H and O–H groups in total. The van der Waals surface area contributed by atoms with E-state index in [2.05, 4.69) is 54.6 Å². The topological polar surface area (TPSA) is 26.3 Å². The van der Waals surface area contributed by atoms with Gasteiger partial charge in [-0.1, -0.05) is 97.1 Å². The SMILES string of the molecule is O=C1c2ccccc2-c2ccccc2C12CCc1c(c3ccccc3c3ccccc13)O2. The van der Waals surface area contributed by atoms with Crippen LogP contribution in [0.4, 0.5) is 0 Å². The zero-order valence-electron chi connectivity index (χ0n) is 17.5. The van der Waals surface area contributed by atoms with Crippen LogP contribution < -0.4 is 4.74 Å². The minimum Gasteiger partial charge on any atom is -0.473 e. The zero-order valence-corrected chi connectivity index (χ0v) is 17.5. The van der Waals surface area contributed by atoms with Gasteiger partial charge in [0.2, 0.25) is 5.78 Å². The fraction of sp³-hybridized carbons (Fsp3) is 0.100. The van der Waals surface area contributed by atoms with Gasteiger partial charge in [0.25, 0.3) is 0 Å². The first-order chi connectivity index (χ1) is 15.8. The Morgan fingerprint density at radius 1 is 0.594 bits per heavy atom. The Kier molecular flexibility index (Phi) is 3.49. The molecule has 0 bridgehead atoms. The van der Waals surface area contributed by atoms with Gasteiger partial charge in [-0.25, -0.2) is 0 Å². The molecular formula is C30H20O2. The van der Waals surface area contributed by atoms with Crippen LogP contribution in [0.3, 0.4) is 0 Å². The number of fused-ring (bicyclic) bond motifs is 10. The summed E-state index contributed by atoms with van der Waals surface area (Å²) in [5, 5.41) is 4.69. The molecule has 0 saturated heterocycles. The third-order valence-corrected chi connectivity index (χ3v) is 7.18. The van der Waals surface area contributed by atoms with E-state index < -0.39 is 5.60 Å². The van der Waals surface area contributed by atoms with Crippen LogP contribution in [0.5, 0.6) is 5.75 Å². The van der Waals surface area contributed by atoms with Crippen LogP contribution >= 0.6 is 0 Å². The first-order valence-corrected chi connectivity index (χ1v) is 11.1. The molecular weight excluding hydrogens is 392 g/mol. The number of rotatable bonds is 0. The molecule has 152 valence electrons. The van der Waals surface area contributed by atoms with Crippen molar-refractivity contribution in [2.45, 2.75) is 18.4 Å². The van der Waals surface area contributed by atoms with E-state index in [1.165, 1.54) is 16.3 Å². The highest BCUT2D eigenvalue weighted by Crippen LogP contribution is 2.52. The number of hydrogen-bond donors (Lipinski definition) is 0. The quantitative estimate of drug-likeness (QED) is 0.254. The molecule has 1 heterocycles. The first-order valence-electron chi connectivity index (χ1n) is 11.1. The lowest BCUT2D eigenvalue weighted by Gasteiger charge is -2.42. The van der Waals surface area contributed by atoms with E-state index in [1.54, 1.807) is 0 Å². The molecule has 2 aliphatic rings. The molecule has 5 aromatic carbocycles. The monoisotopic (exact) mass is 412 g/mol. The molecule has 7 rings (SSSR count). The highest BCUT2D eigenvalue weighted by Gasteiger charge is 2.50. The highest BCUT2D eigenvalue weighted by molar-refractivity contribution is 6.15. The van der Waals surface area contributed by atoms with E-state index in [-0.39, 0.29) is 5.78 Å². The molecule has 2 nitrogen and oxygen atoms in total. The average Bonchev–Trinajstić information content (AvgIpc) is 2.87. The molecule has 1 spiro atoms. The van der Waals surface area contributed by atoms with E-state index >= 15 is 0 Å². The lowest BCUT2D eigenvalue weighted by Crippen LogP contribution is -2.47. The van der Waals surface area contributed by atoms with Gasteiger partial charge < -0.3 is 4.74 Å². The second kappa shape index (κ2) is 6.30. The van der Waals surface area contributed by atoms with Crippen molar-refractivity contribution in [3.63, 3.8) is 0 Å². The molecule has 0 fully saturated rings. The Labute approximate surface area is 186 Å². The largest absolute Gasteiger partial charge is 0.473 e. The molecule has 0 amide bonds. The van der Waals surface area contributed by atoms with Crippen molar-refractivity contribution >= 4 is 27.3 Å². The number of carbonyl (C=O) groups is 1. The second-order valence-electron chi connectivity index (χ2n) is 8.75. The third kappa shape index (κ3) is 2.17. The van der Waals surface area contributed by atoms with Gasteiger partial charge in [0.05, 0.1) is 0 Å². The van der Waals surface area contributed by atoms with Gasteiger partial charge >= 0.3 is 0 Å². The maximum Gasteiger partial charge on any atom is 0.211 e. The second-order valence-corrected chi connectivity index (χ2v) is 8.75. The van der Waals surface area contributed by atoms with Crippen molar-refractivity contribution in [2.75, 3.05) is 0 Å². The van der Waals surface area contributed by atoms with Crippen molar-refractivity contribution < 1.29 is 9.53 Å². The summed E-state index contributed by atoms with van der Waals surface area (Å²) < 4.78 is 6.93. The molecule has 32 heavy (non-hydrogen) atoms. The predicted octanol–water partition coefficient (Wildman–Crippen LogP) is 7.08. The van der Waals surface area contributed by atoms with Crippen LogP contribution in [0.25, 0.3) is 32.7 Å². The fourth-order valence-electron chi connectivity index (χ4n) is 5.75. The summed E-state index contributed by atoms with van der Waals surface area (Å²) in [6.07, 6.45) is 1.43. The number of benzene rings is 5. The summed E-state index contributed by atoms with van der Waals surface area (Å²) in [6.45, 7) is 0. The van der Waals surface area contributed by atoms with Crippen molar-refractivity contribution in [1.82, 2.24) is 0 Å². The van der Waals surface area contributed by atoms with Crippen molar-refractivity contribution in [1.29, 1.82) is 0 Å². The summed E-state index contributed by atoms with van der Waals surface area (Å²) in [5.41, 5.74) is 4.02. The van der Waals surface area contributed by atoms with Crippen LogP contribution in [0.1, 0.15) is 27.9 Å². The summed E-state index contributed by atoms with van der Waals surface area (Å²) in [7, 11) is 0. The van der Waals surface area contributed by atoms with Crippen LogP contribution in [-0.4, -0.2) is 5.78 Å². The summed E-state index contributed by atoms with van der Waals surface area (Å²) in [4.78, 5) is 14.0. The van der Waals surface area contributed by atoms with Crippen LogP contribution in [-0.2, 0) is 12.0 Å². The lowest BCUT2D eigenvalue weighted by molar-refractivity contribution is 0.0337. The van der Waals surface area contributed by atoms with E-state index in [1.807, 2.05) is 42.5 Å². The van der Waals surface area contributed by atoms with Gasteiger partial charge in [-0.15, -0.1) is 0 Å². The Bertz CT molecular complexity index is 1580. The van der Waals surface area contributed by atoms with Gasteiger partial charge in [0.15, 0.2) is 5.60 Å². The summed E-state index contributed by atoms with van der Waals surface area (Å²) in [6, 6.07) is 33.1. The molecule has 5 aromatic rings. The van der Waals surface area contributed by atoms with Gasteiger partial charge in [0, 0.05) is 28.5 Å². The third-order valence-electron chi connectivity index (χ3n) is 7.18. The van der Waals surface area contributed by atoms with Gasteiger partial charge in [-0.2, -0.15) is 0 Å². The summed E-state index contributed by atoms with van der Waals surface area (Å²) in [5.74, 6) is 0.919. The smallest absolute Gasteiger partial charge is 0.211 e. The van der Waals surface area contributed by atoms with Gasteiger partial charge in [-0.05, 0) is 33.7 Å². The van der Waals surface area contributed by atoms with E-state index in [0.717, 1.165) is 45.2 Å². The molecule has 1 aliphatic carbocycles. The van der Waals surface area contributed by atoms with E-state index in [4.69, 9.17) is 4.74 Å². The molecule has 1 atom stereocenters. The van der Waals surface area contributed by atoms with Gasteiger partial charge in [0.1, 0.15) is 5.75 Å². The van der Waals surface area contributed by atoms with Crippen LogP contribution in [0.2, 0.25) is 0 Å².